The summed E-state index contributed by atoms with van der Waals surface area (Å²) in [5.41, 5.74) is 6.03. The monoisotopic (exact) mass is 169 g/mol. The van der Waals surface area contributed by atoms with Crippen molar-refractivity contribution in [3.05, 3.63) is 0 Å². The molecule has 0 amide bonds. The molecule has 1 saturated carbocycles. The lowest BCUT2D eigenvalue weighted by Crippen LogP contribution is -2.22. The summed E-state index contributed by atoms with van der Waals surface area (Å²) in [6, 6.07) is 0.473. The Bertz CT molecular complexity index is 118. The first-order chi connectivity index (χ1) is 5.72. The summed E-state index contributed by atoms with van der Waals surface area (Å²) in [5, 5.41) is 0. The van der Waals surface area contributed by atoms with Gasteiger partial charge in [-0.15, -0.1) is 0 Å². The van der Waals surface area contributed by atoms with Crippen LogP contribution in [-0.2, 0) is 0 Å². The van der Waals surface area contributed by atoms with Crippen molar-refractivity contribution in [2.45, 2.75) is 58.4 Å². The van der Waals surface area contributed by atoms with Crippen molar-refractivity contribution in [3.8, 4) is 0 Å². The molecule has 0 aromatic carbocycles. The minimum Gasteiger partial charge on any atom is -0.328 e. The maximum atomic E-state index is 6.03. The second kappa shape index (κ2) is 4.86. The summed E-state index contributed by atoms with van der Waals surface area (Å²) >= 11 is 0. The maximum absolute atomic E-state index is 6.03. The summed E-state index contributed by atoms with van der Waals surface area (Å²) < 4.78 is 0. The second-order valence-electron chi connectivity index (χ2n) is 4.53. The second-order valence-corrected chi connectivity index (χ2v) is 4.53. The number of hydrogen-bond donors (Lipinski definition) is 1. The third-order valence-corrected chi connectivity index (χ3v) is 3.04. The van der Waals surface area contributed by atoms with Gasteiger partial charge in [0.05, 0.1) is 0 Å². The zero-order chi connectivity index (χ0) is 8.97. The Kier molecular flexibility index (Phi) is 4.07. The van der Waals surface area contributed by atoms with Crippen molar-refractivity contribution in [3.63, 3.8) is 0 Å². The zero-order valence-corrected chi connectivity index (χ0v) is 8.55. The van der Waals surface area contributed by atoms with Crippen molar-refractivity contribution in [2.24, 2.45) is 17.6 Å². The number of rotatable bonds is 6. The molecule has 72 valence electrons. The van der Waals surface area contributed by atoms with Gasteiger partial charge >= 0.3 is 0 Å². The first-order valence-corrected chi connectivity index (χ1v) is 5.48. The highest BCUT2D eigenvalue weighted by Gasteiger charge is 2.21. The molecule has 1 rings (SSSR count). The maximum Gasteiger partial charge on any atom is 0.00414 e. The summed E-state index contributed by atoms with van der Waals surface area (Å²) in [6.07, 6.45) is 8.08. The van der Waals surface area contributed by atoms with Gasteiger partial charge < -0.3 is 5.73 Å². The van der Waals surface area contributed by atoms with Gasteiger partial charge in [-0.1, -0.05) is 33.1 Å². The van der Waals surface area contributed by atoms with Gasteiger partial charge in [-0.05, 0) is 31.1 Å². The molecule has 0 aromatic rings. The third kappa shape index (κ3) is 4.10. The summed E-state index contributed by atoms with van der Waals surface area (Å²) in [4.78, 5) is 0. The fourth-order valence-corrected chi connectivity index (χ4v) is 1.66. The van der Waals surface area contributed by atoms with E-state index < -0.39 is 0 Å². The van der Waals surface area contributed by atoms with E-state index >= 15 is 0 Å². The molecule has 1 heteroatoms. The van der Waals surface area contributed by atoms with Crippen LogP contribution >= 0.6 is 0 Å². The van der Waals surface area contributed by atoms with Crippen LogP contribution in [0.1, 0.15) is 52.4 Å². The van der Waals surface area contributed by atoms with E-state index in [0.29, 0.717) is 6.04 Å². The molecule has 1 nitrogen and oxygen atoms in total. The van der Waals surface area contributed by atoms with Crippen molar-refractivity contribution in [1.82, 2.24) is 0 Å². The van der Waals surface area contributed by atoms with Gasteiger partial charge in [-0.3, -0.25) is 0 Å². The summed E-state index contributed by atoms with van der Waals surface area (Å²) in [7, 11) is 0. The van der Waals surface area contributed by atoms with Crippen LogP contribution in [0.3, 0.4) is 0 Å². The van der Waals surface area contributed by atoms with E-state index in [1.807, 2.05) is 0 Å². The lowest BCUT2D eigenvalue weighted by Gasteiger charge is -2.15. The largest absolute Gasteiger partial charge is 0.328 e. The van der Waals surface area contributed by atoms with Crippen molar-refractivity contribution in [2.75, 3.05) is 0 Å². The molecule has 0 aromatic heterocycles. The Morgan fingerprint density at radius 3 is 2.58 bits per heavy atom. The van der Waals surface area contributed by atoms with Gasteiger partial charge in [0.1, 0.15) is 0 Å². The normalized spacial score (nSPS) is 22.2. The van der Waals surface area contributed by atoms with Crippen molar-refractivity contribution < 1.29 is 0 Å². The van der Waals surface area contributed by atoms with E-state index in [-0.39, 0.29) is 0 Å². The van der Waals surface area contributed by atoms with Gasteiger partial charge in [-0.25, -0.2) is 0 Å². The Morgan fingerprint density at radius 2 is 2.08 bits per heavy atom. The molecular weight excluding hydrogens is 146 g/mol. The number of hydrogen-bond acceptors (Lipinski definition) is 1. The standard InChI is InChI=1S/C11H23N/c1-3-9(2)8-11(12)7-6-10-4-5-10/h9-11H,3-8,12H2,1-2H3. The first-order valence-electron chi connectivity index (χ1n) is 5.48. The van der Waals surface area contributed by atoms with Gasteiger partial charge in [0.2, 0.25) is 0 Å². The molecule has 0 spiro atoms. The molecule has 1 aliphatic rings. The van der Waals surface area contributed by atoms with E-state index in [4.69, 9.17) is 5.73 Å². The molecule has 1 aliphatic carbocycles. The molecule has 2 N–H and O–H groups in total. The van der Waals surface area contributed by atoms with Crippen LogP contribution in [0.2, 0.25) is 0 Å². The molecule has 2 atom stereocenters. The van der Waals surface area contributed by atoms with E-state index in [1.165, 1.54) is 38.5 Å². The molecule has 0 saturated heterocycles. The SMILES string of the molecule is CCC(C)CC(N)CCC1CC1. The van der Waals surface area contributed by atoms with Gasteiger partial charge in [-0.2, -0.15) is 0 Å². The van der Waals surface area contributed by atoms with Crippen LogP contribution in [0, 0.1) is 11.8 Å². The highest BCUT2D eigenvalue weighted by Crippen LogP contribution is 2.34. The molecule has 12 heavy (non-hydrogen) atoms. The lowest BCUT2D eigenvalue weighted by molar-refractivity contribution is 0.422. The summed E-state index contributed by atoms with van der Waals surface area (Å²) in [5.74, 6) is 1.87. The smallest absolute Gasteiger partial charge is 0.00414 e. The number of nitrogens with two attached hydrogens (primary N) is 1. The van der Waals surface area contributed by atoms with E-state index in [1.54, 1.807) is 0 Å². The van der Waals surface area contributed by atoms with E-state index in [2.05, 4.69) is 13.8 Å². The van der Waals surface area contributed by atoms with Crippen molar-refractivity contribution >= 4 is 0 Å². The Labute approximate surface area is 76.7 Å². The molecule has 2 unspecified atom stereocenters. The fraction of sp³-hybridized carbons (Fsp3) is 1.00. The van der Waals surface area contributed by atoms with Gasteiger partial charge in [0, 0.05) is 6.04 Å². The lowest BCUT2D eigenvalue weighted by atomic mass is 9.96. The van der Waals surface area contributed by atoms with Gasteiger partial charge in [0.25, 0.3) is 0 Å². The van der Waals surface area contributed by atoms with Gasteiger partial charge in [0.15, 0.2) is 0 Å². The predicted molar refractivity (Wildman–Crippen MR) is 54.0 cm³/mol. The fourth-order valence-electron chi connectivity index (χ4n) is 1.66. The van der Waals surface area contributed by atoms with Crippen LogP contribution in [0.25, 0.3) is 0 Å². The van der Waals surface area contributed by atoms with Crippen molar-refractivity contribution in [1.29, 1.82) is 0 Å². The average molecular weight is 169 g/mol. The molecular formula is C11H23N. The minimum absolute atomic E-state index is 0.473. The molecule has 0 heterocycles. The molecule has 0 radical (unpaired) electrons. The third-order valence-electron chi connectivity index (χ3n) is 3.04. The van der Waals surface area contributed by atoms with Crippen LogP contribution in [0.5, 0.6) is 0 Å². The summed E-state index contributed by atoms with van der Waals surface area (Å²) in [6.45, 7) is 4.55. The van der Waals surface area contributed by atoms with Crippen LogP contribution in [0.4, 0.5) is 0 Å². The molecule has 0 bridgehead atoms. The van der Waals surface area contributed by atoms with Crippen LogP contribution < -0.4 is 5.73 Å². The van der Waals surface area contributed by atoms with E-state index in [0.717, 1.165) is 11.8 Å². The highest BCUT2D eigenvalue weighted by atomic mass is 14.6. The Morgan fingerprint density at radius 1 is 1.42 bits per heavy atom. The topological polar surface area (TPSA) is 26.0 Å². The molecule has 1 fully saturated rings. The first kappa shape index (κ1) is 10.0. The van der Waals surface area contributed by atoms with Crippen LogP contribution in [-0.4, -0.2) is 6.04 Å². The Balaban J connectivity index is 1.97. The molecule has 0 aliphatic heterocycles. The van der Waals surface area contributed by atoms with E-state index in [9.17, 15) is 0 Å². The quantitative estimate of drug-likeness (QED) is 0.650. The minimum atomic E-state index is 0.473. The average Bonchev–Trinajstić information content (AvgIpc) is 2.83. The van der Waals surface area contributed by atoms with Crippen LogP contribution in [0.15, 0.2) is 0 Å². The highest BCUT2D eigenvalue weighted by molar-refractivity contribution is 4.76. The zero-order valence-electron chi connectivity index (χ0n) is 8.55. The predicted octanol–water partition coefficient (Wildman–Crippen LogP) is 2.94. The Hall–Kier alpha value is -0.0400.